The molecule has 2 aliphatic heterocycles. The number of amides is 1. The Morgan fingerprint density at radius 3 is 2.79 bits per heavy atom. The van der Waals surface area contributed by atoms with E-state index in [9.17, 15) is 9.18 Å². The van der Waals surface area contributed by atoms with Gasteiger partial charge in [-0.3, -0.25) is 9.69 Å². The summed E-state index contributed by atoms with van der Waals surface area (Å²) in [4.78, 5) is 18.6. The maximum absolute atomic E-state index is 13.1. The quantitative estimate of drug-likeness (QED) is 0.782. The number of rotatable bonds is 6. The lowest BCUT2D eigenvalue weighted by atomic mass is 10.1. The van der Waals surface area contributed by atoms with Crippen LogP contribution in [-0.4, -0.2) is 79.6 Å². The molecular formula is C18H26FN3O2. The molecule has 2 fully saturated rings. The molecular weight excluding hydrogens is 309 g/mol. The number of ether oxygens (including phenoxy) is 1. The molecule has 2 aliphatic rings. The van der Waals surface area contributed by atoms with Crippen molar-refractivity contribution in [3.63, 3.8) is 0 Å². The van der Waals surface area contributed by atoms with E-state index < -0.39 is 0 Å². The normalized spacial score (nSPS) is 22.2. The number of halogens is 1. The van der Waals surface area contributed by atoms with Gasteiger partial charge in [-0.05, 0) is 38.2 Å². The van der Waals surface area contributed by atoms with E-state index in [1.165, 1.54) is 12.1 Å². The van der Waals surface area contributed by atoms with Crippen molar-refractivity contribution in [3.05, 3.63) is 35.6 Å². The van der Waals surface area contributed by atoms with Crippen molar-refractivity contribution in [1.82, 2.24) is 14.7 Å². The van der Waals surface area contributed by atoms with E-state index in [-0.39, 0.29) is 17.8 Å². The molecule has 0 unspecified atom stereocenters. The molecule has 0 N–H and O–H groups in total. The van der Waals surface area contributed by atoms with Gasteiger partial charge in [0.2, 0.25) is 5.91 Å². The molecule has 1 aromatic carbocycles. The molecule has 2 saturated heterocycles. The van der Waals surface area contributed by atoms with Crippen molar-refractivity contribution in [2.45, 2.75) is 25.2 Å². The number of benzene rings is 1. The van der Waals surface area contributed by atoms with Gasteiger partial charge >= 0.3 is 0 Å². The Hall–Kier alpha value is -1.50. The van der Waals surface area contributed by atoms with Gasteiger partial charge < -0.3 is 14.5 Å². The lowest BCUT2D eigenvalue weighted by molar-refractivity contribution is -0.146. The largest absolute Gasteiger partial charge is 0.370 e. The first-order valence-electron chi connectivity index (χ1n) is 8.54. The zero-order valence-electron chi connectivity index (χ0n) is 14.4. The average molecular weight is 335 g/mol. The molecule has 3 rings (SSSR count). The summed E-state index contributed by atoms with van der Waals surface area (Å²) in [6.07, 6.45) is 1.19. The second kappa shape index (κ2) is 7.59. The van der Waals surface area contributed by atoms with Crippen LogP contribution < -0.4 is 0 Å². The summed E-state index contributed by atoms with van der Waals surface area (Å²) >= 11 is 0. The fraction of sp³-hybridized carbons (Fsp3) is 0.611. The smallest absolute Gasteiger partial charge is 0.236 e. The van der Waals surface area contributed by atoms with Crippen LogP contribution in [0.3, 0.4) is 0 Å². The monoisotopic (exact) mass is 335 g/mol. The van der Waals surface area contributed by atoms with Gasteiger partial charge in [0.15, 0.2) is 0 Å². The van der Waals surface area contributed by atoms with Crippen LogP contribution >= 0.6 is 0 Å². The van der Waals surface area contributed by atoms with Crippen molar-refractivity contribution < 1.29 is 13.9 Å². The van der Waals surface area contributed by atoms with Crippen LogP contribution in [0.2, 0.25) is 0 Å². The molecule has 0 aromatic heterocycles. The van der Waals surface area contributed by atoms with Crippen molar-refractivity contribution in [2.75, 3.05) is 46.8 Å². The van der Waals surface area contributed by atoms with Gasteiger partial charge in [0.1, 0.15) is 5.82 Å². The van der Waals surface area contributed by atoms with Crippen LogP contribution in [0.15, 0.2) is 24.3 Å². The van der Waals surface area contributed by atoms with Crippen LogP contribution in [0.1, 0.15) is 12.0 Å². The number of hydrogen-bond acceptors (Lipinski definition) is 4. The minimum atomic E-state index is -0.247. The summed E-state index contributed by atoms with van der Waals surface area (Å²) in [7, 11) is 4.18. The first-order chi connectivity index (χ1) is 11.5. The molecule has 5 nitrogen and oxygen atoms in total. The zero-order chi connectivity index (χ0) is 17.1. The van der Waals surface area contributed by atoms with E-state index in [1.807, 2.05) is 11.0 Å². The number of carbonyl (C=O) groups is 1. The maximum atomic E-state index is 13.1. The minimum Gasteiger partial charge on any atom is -0.370 e. The van der Waals surface area contributed by atoms with E-state index >= 15 is 0 Å². The van der Waals surface area contributed by atoms with Gasteiger partial charge in [0.25, 0.3) is 0 Å². The van der Waals surface area contributed by atoms with Crippen molar-refractivity contribution in [2.24, 2.45) is 0 Å². The fourth-order valence-corrected chi connectivity index (χ4v) is 3.26. The number of likely N-dealkylation sites (tertiary alicyclic amines) is 2. The van der Waals surface area contributed by atoms with E-state index in [0.717, 1.165) is 25.1 Å². The predicted molar refractivity (Wildman–Crippen MR) is 90.1 cm³/mol. The maximum Gasteiger partial charge on any atom is 0.236 e. The molecule has 1 amide bonds. The lowest BCUT2D eigenvalue weighted by Gasteiger charge is -2.39. The molecule has 24 heavy (non-hydrogen) atoms. The van der Waals surface area contributed by atoms with Crippen LogP contribution in [0.4, 0.5) is 4.39 Å². The Morgan fingerprint density at radius 1 is 1.33 bits per heavy atom. The molecule has 1 atom stereocenters. The highest BCUT2D eigenvalue weighted by molar-refractivity contribution is 5.79. The van der Waals surface area contributed by atoms with Gasteiger partial charge in [-0.2, -0.15) is 0 Å². The van der Waals surface area contributed by atoms with Crippen molar-refractivity contribution in [3.8, 4) is 0 Å². The first kappa shape index (κ1) is 17.3. The number of likely N-dealkylation sites (N-methyl/N-ethyl adjacent to an activating group) is 1. The molecule has 0 aliphatic carbocycles. The average Bonchev–Trinajstić information content (AvgIpc) is 2.94. The van der Waals surface area contributed by atoms with Gasteiger partial charge in [0, 0.05) is 32.2 Å². The molecule has 0 bridgehead atoms. The van der Waals surface area contributed by atoms with Gasteiger partial charge in [-0.25, -0.2) is 4.39 Å². The lowest BCUT2D eigenvalue weighted by Crippen LogP contribution is -2.56. The molecule has 2 heterocycles. The number of hydrogen-bond donors (Lipinski definition) is 0. The molecule has 6 heteroatoms. The molecule has 1 aromatic rings. The van der Waals surface area contributed by atoms with E-state index in [2.05, 4.69) is 23.9 Å². The highest BCUT2D eigenvalue weighted by Gasteiger charge is 2.33. The summed E-state index contributed by atoms with van der Waals surface area (Å²) < 4.78 is 18.8. The standard InChI is InChI=1S/C18H26FN3O2/c1-20(2)16-6-7-21(9-16)12-18(23)22-10-17(11-22)24-13-14-4-3-5-15(19)8-14/h3-5,8,16-17H,6-7,9-13H2,1-2H3/t16-/m1/s1. The summed E-state index contributed by atoms with van der Waals surface area (Å²) in [5, 5.41) is 0. The number of carbonyl (C=O) groups excluding carboxylic acids is 1. The predicted octanol–water partition coefficient (Wildman–Crippen LogP) is 1.19. The highest BCUT2D eigenvalue weighted by Crippen LogP contribution is 2.17. The van der Waals surface area contributed by atoms with Crippen LogP contribution in [0.25, 0.3) is 0 Å². The third kappa shape index (κ3) is 4.32. The first-order valence-corrected chi connectivity index (χ1v) is 8.54. The van der Waals surface area contributed by atoms with Crippen LogP contribution in [0.5, 0.6) is 0 Å². The van der Waals surface area contributed by atoms with Crippen LogP contribution in [-0.2, 0) is 16.1 Å². The topological polar surface area (TPSA) is 36.0 Å². The van der Waals surface area contributed by atoms with Gasteiger partial charge in [-0.15, -0.1) is 0 Å². The summed E-state index contributed by atoms with van der Waals surface area (Å²) in [6, 6.07) is 6.99. The summed E-state index contributed by atoms with van der Waals surface area (Å²) in [5.41, 5.74) is 0.826. The summed E-state index contributed by atoms with van der Waals surface area (Å²) in [6.45, 7) is 4.12. The van der Waals surface area contributed by atoms with E-state index in [4.69, 9.17) is 4.74 Å². The van der Waals surface area contributed by atoms with E-state index in [1.54, 1.807) is 6.07 Å². The minimum absolute atomic E-state index is 0.0605. The third-order valence-corrected chi connectivity index (χ3v) is 4.91. The Kier molecular flexibility index (Phi) is 5.48. The SMILES string of the molecule is CN(C)[C@@H]1CCN(CC(=O)N2CC(OCc3cccc(F)c3)C2)C1. The summed E-state index contributed by atoms with van der Waals surface area (Å²) in [5.74, 6) is -0.0665. The second-order valence-electron chi connectivity index (χ2n) is 7.00. The Labute approximate surface area is 143 Å². The Bertz CT molecular complexity index is 575. The Balaban J connectivity index is 1.35. The zero-order valence-corrected chi connectivity index (χ0v) is 14.4. The van der Waals surface area contributed by atoms with Gasteiger partial charge in [-0.1, -0.05) is 12.1 Å². The van der Waals surface area contributed by atoms with Crippen molar-refractivity contribution in [1.29, 1.82) is 0 Å². The Morgan fingerprint density at radius 2 is 2.12 bits per heavy atom. The van der Waals surface area contributed by atoms with E-state index in [0.29, 0.717) is 32.3 Å². The van der Waals surface area contributed by atoms with Crippen molar-refractivity contribution >= 4 is 5.91 Å². The third-order valence-electron chi connectivity index (χ3n) is 4.91. The molecule has 132 valence electrons. The molecule has 0 saturated carbocycles. The van der Waals surface area contributed by atoms with Gasteiger partial charge in [0.05, 0.1) is 19.3 Å². The highest BCUT2D eigenvalue weighted by atomic mass is 19.1. The fourth-order valence-electron chi connectivity index (χ4n) is 3.26. The second-order valence-corrected chi connectivity index (χ2v) is 7.00. The molecule has 0 radical (unpaired) electrons. The molecule has 0 spiro atoms. The van der Waals surface area contributed by atoms with Crippen LogP contribution in [0, 0.1) is 5.82 Å². The number of nitrogens with zero attached hydrogens (tertiary/aromatic N) is 3.